The van der Waals surface area contributed by atoms with Gasteiger partial charge in [-0.3, -0.25) is 0 Å². The van der Waals surface area contributed by atoms with Crippen molar-refractivity contribution in [3.8, 4) is 11.5 Å². The third kappa shape index (κ3) is 1.43. The lowest BCUT2D eigenvalue weighted by molar-refractivity contribution is -0.934. The molecule has 0 aliphatic carbocycles. The Bertz CT molecular complexity index is 2410. The molecule has 0 saturated carbocycles. The number of pyridine rings is 2. The first kappa shape index (κ1) is 17.0. The van der Waals surface area contributed by atoms with E-state index in [-0.39, 0.29) is 0 Å². The Morgan fingerprint density at radius 1 is 0.750 bits per heavy atom. The summed E-state index contributed by atoms with van der Waals surface area (Å²) in [6, 6.07) is 28.9. The zero-order valence-electron chi connectivity index (χ0n) is 18.8. The standard InChI is InChI=1S/C31H15N3OS/c1-2-6-21-20(5-1)33-29-25-18(19-13-15-36-30(19)33)10-12-23-27(25)31(34(21)29)26-22(35-23)11-9-16-7-8-17-4-3-14-32(31)28(17)24(16)26/h1-15H/q+2. The summed E-state index contributed by atoms with van der Waals surface area (Å²) in [5.74, 6) is 1.91. The van der Waals surface area contributed by atoms with E-state index in [1.54, 1.807) is 0 Å². The van der Waals surface area contributed by atoms with Gasteiger partial charge in [0.05, 0.1) is 10.8 Å². The van der Waals surface area contributed by atoms with Gasteiger partial charge in [0.1, 0.15) is 22.6 Å². The summed E-state index contributed by atoms with van der Waals surface area (Å²) in [6.45, 7) is 0. The lowest BCUT2D eigenvalue weighted by atomic mass is 9.85. The van der Waals surface area contributed by atoms with Crippen LogP contribution in [0.25, 0.3) is 59.3 Å². The van der Waals surface area contributed by atoms with E-state index < -0.39 is 5.66 Å². The maximum atomic E-state index is 6.75. The highest BCUT2D eigenvalue weighted by Gasteiger charge is 2.68. The lowest BCUT2D eigenvalue weighted by Gasteiger charge is -2.28. The molecule has 3 aliphatic rings. The van der Waals surface area contributed by atoms with Gasteiger partial charge >= 0.3 is 11.3 Å². The Morgan fingerprint density at radius 3 is 2.56 bits per heavy atom. The molecule has 1 unspecified atom stereocenters. The van der Waals surface area contributed by atoms with Crippen molar-refractivity contribution in [3.05, 3.63) is 102 Å². The van der Waals surface area contributed by atoms with Crippen molar-refractivity contribution in [2.75, 3.05) is 0 Å². The van der Waals surface area contributed by atoms with E-state index in [4.69, 9.17) is 4.74 Å². The molecule has 4 nitrogen and oxygen atoms in total. The first-order valence-corrected chi connectivity index (χ1v) is 13.2. The summed E-state index contributed by atoms with van der Waals surface area (Å²) in [4.78, 5) is 1.29. The number of thiophene rings is 1. The summed E-state index contributed by atoms with van der Waals surface area (Å²) in [5, 5.41) is 9.94. The maximum Gasteiger partial charge on any atom is 0.372 e. The van der Waals surface area contributed by atoms with Gasteiger partial charge in [0.15, 0.2) is 22.1 Å². The molecule has 164 valence electrons. The fourth-order valence-corrected chi connectivity index (χ4v) is 8.62. The number of rotatable bonds is 0. The molecule has 7 heterocycles. The van der Waals surface area contributed by atoms with Crippen molar-refractivity contribution in [1.82, 2.24) is 4.40 Å². The van der Waals surface area contributed by atoms with Crippen molar-refractivity contribution in [3.63, 3.8) is 0 Å². The second-order valence-corrected chi connectivity index (χ2v) is 11.1. The zero-order chi connectivity index (χ0) is 22.9. The van der Waals surface area contributed by atoms with Gasteiger partial charge in [-0.2, -0.15) is 4.40 Å². The van der Waals surface area contributed by atoms with Crippen LogP contribution >= 0.6 is 11.3 Å². The Labute approximate surface area is 207 Å². The minimum absolute atomic E-state index is 0.536. The summed E-state index contributed by atoms with van der Waals surface area (Å²) in [5.41, 5.74) is 7.01. The van der Waals surface area contributed by atoms with Crippen LogP contribution in [0.3, 0.4) is 0 Å². The number of benzene rings is 4. The Kier molecular flexibility index (Phi) is 2.39. The normalized spacial score (nSPS) is 18.3. The van der Waals surface area contributed by atoms with Crippen LogP contribution in [0.5, 0.6) is 11.5 Å². The summed E-state index contributed by atoms with van der Waals surface area (Å²) < 4.78 is 14.4. The van der Waals surface area contributed by atoms with Gasteiger partial charge in [-0.15, -0.1) is 20.5 Å². The van der Waals surface area contributed by atoms with Crippen LogP contribution in [0, 0.1) is 0 Å². The summed E-state index contributed by atoms with van der Waals surface area (Å²) in [7, 11) is 0. The summed E-state index contributed by atoms with van der Waals surface area (Å²) >= 11 is 1.82. The quantitative estimate of drug-likeness (QED) is 0.184. The van der Waals surface area contributed by atoms with Crippen LogP contribution in [0.1, 0.15) is 11.1 Å². The second-order valence-electron chi connectivity index (χ2n) is 10.2. The largest absolute Gasteiger partial charge is 0.456 e. The molecule has 0 bridgehead atoms. The van der Waals surface area contributed by atoms with Crippen LogP contribution in [-0.2, 0) is 5.66 Å². The number of para-hydroxylation sites is 2. The fourth-order valence-electron chi connectivity index (χ4n) is 7.69. The van der Waals surface area contributed by atoms with E-state index in [2.05, 4.69) is 104 Å². The minimum atomic E-state index is -0.536. The zero-order valence-corrected chi connectivity index (χ0v) is 19.6. The van der Waals surface area contributed by atoms with Gasteiger partial charge in [-0.25, -0.2) is 0 Å². The summed E-state index contributed by atoms with van der Waals surface area (Å²) in [6.07, 6.45) is 2.28. The van der Waals surface area contributed by atoms with Gasteiger partial charge in [-0.05, 0) is 59.3 Å². The predicted molar refractivity (Wildman–Crippen MR) is 141 cm³/mol. The number of hydrogen-bond acceptors (Lipinski definition) is 2. The number of fused-ring (bicyclic) bond motifs is 6. The van der Waals surface area contributed by atoms with E-state index in [9.17, 15) is 0 Å². The molecule has 4 aromatic heterocycles. The van der Waals surface area contributed by atoms with Crippen molar-refractivity contribution in [2.45, 2.75) is 5.66 Å². The Hall–Kier alpha value is -4.48. The van der Waals surface area contributed by atoms with Crippen LogP contribution < -0.4 is 13.9 Å². The molecule has 0 amide bonds. The maximum absolute atomic E-state index is 6.75. The highest BCUT2D eigenvalue weighted by molar-refractivity contribution is 7.17. The smallest absolute Gasteiger partial charge is 0.372 e. The molecule has 11 rings (SSSR count). The van der Waals surface area contributed by atoms with E-state index in [1.807, 2.05) is 11.3 Å². The molecule has 3 aliphatic heterocycles. The number of aromatic nitrogens is 3. The molecule has 1 atom stereocenters. The SMILES string of the molecule is c1ccc2c(c1)n1c3sccc3c3ccc4c5c3c1[n+]2C51c2c(ccc3ccc5ccc[n+]1c5c23)O4. The van der Waals surface area contributed by atoms with Crippen LogP contribution in [0.15, 0.2) is 90.4 Å². The highest BCUT2D eigenvalue weighted by atomic mass is 32.1. The second kappa shape index (κ2) is 5.06. The Morgan fingerprint density at radius 2 is 1.58 bits per heavy atom. The predicted octanol–water partition coefficient (Wildman–Crippen LogP) is 6.37. The van der Waals surface area contributed by atoms with Crippen LogP contribution in [0.2, 0.25) is 0 Å². The molecular weight excluding hydrogens is 462 g/mol. The fraction of sp³-hybridized carbons (Fsp3) is 0.0323. The molecule has 5 heteroatoms. The number of hydrogen-bond donors (Lipinski definition) is 0. The first-order valence-electron chi connectivity index (χ1n) is 12.3. The molecule has 8 aromatic rings. The van der Waals surface area contributed by atoms with Crippen molar-refractivity contribution >= 4 is 70.7 Å². The average molecular weight is 478 g/mol. The first-order chi connectivity index (χ1) is 17.9. The van der Waals surface area contributed by atoms with Crippen molar-refractivity contribution < 1.29 is 13.9 Å². The number of imidazole rings is 1. The number of ether oxygens (including phenoxy) is 1. The van der Waals surface area contributed by atoms with Crippen molar-refractivity contribution in [2.24, 2.45) is 0 Å². The van der Waals surface area contributed by atoms with Gasteiger partial charge in [0.25, 0.3) is 0 Å². The molecule has 0 saturated heterocycles. The third-order valence-electron chi connectivity index (χ3n) is 8.81. The monoisotopic (exact) mass is 477 g/mol. The lowest BCUT2D eigenvalue weighted by Crippen LogP contribution is -2.71. The van der Waals surface area contributed by atoms with E-state index >= 15 is 0 Å². The van der Waals surface area contributed by atoms with Gasteiger partial charge < -0.3 is 4.74 Å². The topological polar surface area (TPSA) is 21.4 Å². The Balaban J connectivity index is 1.57. The molecule has 36 heavy (non-hydrogen) atoms. The molecule has 0 N–H and O–H groups in total. The van der Waals surface area contributed by atoms with Gasteiger partial charge in [0, 0.05) is 22.2 Å². The molecule has 4 aromatic carbocycles. The van der Waals surface area contributed by atoms with Gasteiger partial charge in [-0.1, -0.05) is 24.3 Å². The van der Waals surface area contributed by atoms with Gasteiger partial charge in [0.2, 0.25) is 5.52 Å². The van der Waals surface area contributed by atoms with Crippen LogP contribution in [-0.4, -0.2) is 4.40 Å². The van der Waals surface area contributed by atoms with E-state index in [0.717, 1.165) is 11.5 Å². The number of nitrogens with zero attached hydrogens (tertiary/aromatic N) is 3. The van der Waals surface area contributed by atoms with E-state index in [0.29, 0.717) is 0 Å². The highest BCUT2D eigenvalue weighted by Crippen LogP contribution is 2.58. The third-order valence-corrected chi connectivity index (χ3v) is 9.71. The molecule has 0 radical (unpaired) electrons. The van der Waals surface area contributed by atoms with E-state index in [1.165, 1.54) is 70.5 Å². The molecular formula is C31H15N3OS+2. The van der Waals surface area contributed by atoms with Crippen molar-refractivity contribution in [1.29, 1.82) is 0 Å². The minimum Gasteiger partial charge on any atom is -0.456 e. The van der Waals surface area contributed by atoms with Crippen LogP contribution in [0.4, 0.5) is 0 Å². The molecule has 0 fully saturated rings. The molecule has 1 spiro atoms. The average Bonchev–Trinajstić information content (AvgIpc) is 3.67.